The van der Waals surface area contributed by atoms with Gasteiger partial charge >= 0.3 is 0 Å². The summed E-state index contributed by atoms with van der Waals surface area (Å²) in [6.07, 6.45) is 4.96. The normalized spacial score (nSPS) is 16.8. The highest BCUT2D eigenvalue weighted by molar-refractivity contribution is 9.09. The average Bonchev–Trinajstić information content (AvgIpc) is 2.86. The Kier molecular flexibility index (Phi) is 5.70. The molecule has 1 unspecified atom stereocenters. The number of para-hydroxylation sites is 1. The molecule has 1 aromatic rings. The van der Waals surface area contributed by atoms with Gasteiger partial charge in [-0.2, -0.15) is 0 Å². The lowest BCUT2D eigenvalue weighted by Gasteiger charge is -2.11. The number of alkyl halides is 1. The summed E-state index contributed by atoms with van der Waals surface area (Å²) in [5.41, 5.74) is 1.12. The summed E-state index contributed by atoms with van der Waals surface area (Å²) < 4.78 is 5.65. The van der Waals surface area contributed by atoms with Gasteiger partial charge in [0, 0.05) is 18.3 Å². The van der Waals surface area contributed by atoms with Crippen molar-refractivity contribution in [2.24, 2.45) is 0 Å². The van der Waals surface area contributed by atoms with Crippen molar-refractivity contribution < 1.29 is 9.53 Å². The van der Waals surface area contributed by atoms with Crippen molar-refractivity contribution in [3.05, 3.63) is 29.8 Å². The van der Waals surface area contributed by atoms with E-state index in [0.717, 1.165) is 36.0 Å². The van der Waals surface area contributed by atoms with E-state index in [1.165, 1.54) is 12.8 Å². The van der Waals surface area contributed by atoms with Crippen LogP contribution in [0.5, 0.6) is 5.75 Å². The largest absolute Gasteiger partial charge is 0.480 e. The van der Waals surface area contributed by atoms with Gasteiger partial charge in [-0.25, -0.2) is 0 Å². The third-order valence-corrected chi connectivity index (χ3v) is 3.86. The molecule has 4 heteroatoms. The number of nitrogens with one attached hydrogen (secondary N) is 1. The Hall–Kier alpha value is -1.03. The molecule has 0 aliphatic carbocycles. The summed E-state index contributed by atoms with van der Waals surface area (Å²) in [4.78, 5) is 12.0. The van der Waals surface area contributed by atoms with Crippen molar-refractivity contribution >= 4 is 21.8 Å². The summed E-state index contributed by atoms with van der Waals surface area (Å²) >= 11 is 3.41. The molecular weight excluding hydrogens is 306 g/mol. The van der Waals surface area contributed by atoms with Gasteiger partial charge in [0.15, 0.2) is 6.10 Å². The molecule has 0 fully saturated rings. The van der Waals surface area contributed by atoms with Gasteiger partial charge in [0.25, 0.3) is 5.91 Å². The number of ether oxygens (including phenoxy) is 1. The Morgan fingerprint density at radius 2 is 2.05 bits per heavy atom. The maximum Gasteiger partial charge on any atom is 0.261 e. The monoisotopic (exact) mass is 325 g/mol. The zero-order chi connectivity index (χ0) is 13.5. The number of carbonyl (C=O) groups is 1. The van der Waals surface area contributed by atoms with E-state index in [-0.39, 0.29) is 12.0 Å². The molecule has 1 atom stereocenters. The minimum absolute atomic E-state index is 0.0108. The van der Waals surface area contributed by atoms with Crippen molar-refractivity contribution in [2.75, 3.05) is 11.9 Å². The van der Waals surface area contributed by atoms with Crippen LogP contribution in [0.2, 0.25) is 0 Å². The van der Waals surface area contributed by atoms with E-state index in [9.17, 15) is 4.79 Å². The highest BCUT2D eigenvalue weighted by Gasteiger charge is 2.28. The molecule has 1 aromatic carbocycles. The number of fused-ring (bicyclic) bond motifs is 1. The second-order valence-electron chi connectivity index (χ2n) is 4.81. The van der Waals surface area contributed by atoms with Crippen LogP contribution in [0.4, 0.5) is 0 Å². The van der Waals surface area contributed by atoms with Crippen LogP contribution in [0.25, 0.3) is 0 Å². The molecule has 1 N–H and O–H groups in total. The third-order valence-electron chi connectivity index (χ3n) is 3.30. The van der Waals surface area contributed by atoms with Crippen molar-refractivity contribution in [3.8, 4) is 5.75 Å². The smallest absolute Gasteiger partial charge is 0.261 e. The zero-order valence-electron chi connectivity index (χ0n) is 11.0. The Bertz CT molecular complexity index is 397. The number of amides is 1. The van der Waals surface area contributed by atoms with Crippen LogP contribution in [-0.2, 0) is 11.2 Å². The summed E-state index contributed by atoms with van der Waals surface area (Å²) in [5, 5.41) is 4.02. The topological polar surface area (TPSA) is 38.3 Å². The van der Waals surface area contributed by atoms with E-state index in [1.54, 1.807) is 0 Å². The number of unbranched alkanes of at least 4 members (excludes halogenated alkanes) is 3. The van der Waals surface area contributed by atoms with Crippen LogP contribution in [0, 0.1) is 0 Å². The molecule has 0 aromatic heterocycles. The van der Waals surface area contributed by atoms with Crippen molar-refractivity contribution in [1.82, 2.24) is 5.32 Å². The van der Waals surface area contributed by atoms with Crippen LogP contribution in [0.15, 0.2) is 24.3 Å². The number of hydrogen-bond donors (Lipinski definition) is 1. The number of rotatable bonds is 7. The van der Waals surface area contributed by atoms with Gasteiger partial charge in [-0.15, -0.1) is 0 Å². The van der Waals surface area contributed by atoms with E-state index in [1.807, 2.05) is 24.3 Å². The number of halogens is 1. The molecule has 1 heterocycles. The van der Waals surface area contributed by atoms with Crippen LogP contribution >= 0.6 is 15.9 Å². The molecule has 1 aliphatic heterocycles. The number of hydrogen-bond acceptors (Lipinski definition) is 2. The number of benzene rings is 1. The molecule has 0 saturated carbocycles. The lowest BCUT2D eigenvalue weighted by atomic mass is 10.1. The zero-order valence-corrected chi connectivity index (χ0v) is 12.6. The minimum Gasteiger partial charge on any atom is -0.480 e. The summed E-state index contributed by atoms with van der Waals surface area (Å²) in [5.74, 6) is 0.858. The molecular formula is C15H20BrNO2. The summed E-state index contributed by atoms with van der Waals surface area (Å²) in [6, 6.07) is 7.85. The van der Waals surface area contributed by atoms with Crippen molar-refractivity contribution in [1.29, 1.82) is 0 Å². The first-order valence-electron chi connectivity index (χ1n) is 6.89. The van der Waals surface area contributed by atoms with E-state index in [2.05, 4.69) is 21.2 Å². The van der Waals surface area contributed by atoms with E-state index >= 15 is 0 Å². The fourth-order valence-corrected chi connectivity index (χ4v) is 2.62. The van der Waals surface area contributed by atoms with Gasteiger partial charge in [-0.1, -0.05) is 47.0 Å². The summed E-state index contributed by atoms with van der Waals surface area (Å²) in [6.45, 7) is 0.747. The molecule has 104 valence electrons. The fraction of sp³-hybridized carbons (Fsp3) is 0.533. The average molecular weight is 326 g/mol. The van der Waals surface area contributed by atoms with Gasteiger partial charge < -0.3 is 10.1 Å². The molecule has 3 nitrogen and oxygen atoms in total. The van der Waals surface area contributed by atoms with Gasteiger partial charge in [-0.3, -0.25) is 4.79 Å². The molecule has 0 saturated heterocycles. The van der Waals surface area contributed by atoms with Crippen molar-refractivity contribution in [2.45, 2.75) is 38.2 Å². The first kappa shape index (κ1) is 14.4. The molecule has 1 aliphatic rings. The maximum atomic E-state index is 12.0. The Balaban J connectivity index is 1.66. The van der Waals surface area contributed by atoms with Crippen LogP contribution in [-0.4, -0.2) is 23.9 Å². The third kappa shape index (κ3) is 4.23. The highest BCUT2D eigenvalue weighted by atomic mass is 79.9. The van der Waals surface area contributed by atoms with Crippen LogP contribution in [0.3, 0.4) is 0 Å². The lowest BCUT2D eigenvalue weighted by Crippen LogP contribution is -2.37. The van der Waals surface area contributed by atoms with E-state index in [0.29, 0.717) is 6.42 Å². The molecule has 1 amide bonds. The highest BCUT2D eigenvalue weighted by Crippen LogP contribution is 2.28. The van der Waals surface area contributed by atoms with Crippen molar-refractivity contribution in [3.63, 3.8) is 0 Å². The first-order chi connectivity index (χ1) is 9.31. The Morgan fingerprint density at radius 3 is 2.84 bits per heavy atom. The molecule has 0 spiro atoms. The minimum atomic E-state index is -0.347. The molecule has 0 radical (unpaired) electrons. The first-order valence-corrected chi connectivity index (χ1v) is 8.01. The van der Waals surface area contributed by atoms with Gasteiger partial charge in [-0.05, 0) is 24.5 Å². The Labute approximate surface area is 122 Å². The van der Waals surface area contributed by atoms with Crippen LogP contribution < -0.4 is 10.1 Å². The number of carbonyl (C=O) groups excluding carboxylic acids is 1. The molecule has 0 bridgehead atoms. The maximum absolute atomic E-state index is 12.0. The Morgan fingerprint density at radius 1 is 1.26 bits per heavy atom. The van der Waals surface area contributed by atoms with E-state index in [4.69, 9.17) is 4.74 Å². The standard InChI is InChI=1S/C15H20BrNO2/c16-9-5-1-2-6-10-17-15(18)14-11-12-7-3-4-8-13(12)19-14/h3-4,7-8,14H,1-2,5-6,9-11H2,(H,17,18). The molecule has 19 heavy (non-hydrogen) atoms. The fourth-order valence-electron chi connectivity index (χ4n) is 2.23. The predicted molar refractivity (Wildman–Crippen MR) is 79.8 cm³/mol. The molecule has 2 rings (SSSR count). The second-order valence-corrected chi connectivity index (χ2v) is 5.61. The SMILES string of the molecule is O=C(NCCCCCCBr)C1Cc2ccccc2O1. The van der Waals surface area contributed by atoms with Gasteiger partial charge in [0.1, 0.15) is 5.75 Å². The quantitative estimate of drug-likeness (QED) is 0.618. The van der Waals surface area contributed by atoms with Crippen LogP contribution in [0.1, 0.15) is 31.2 Å². The predicted octanol–water partition coefficient (Wildman–Crippen LogP) is 3.06. The lowest BCUT2D eigenvalue weighted by molar-refractivity contribution is -0.127. The second kappa shape index (κ2) is 7.53. The van der Waals surface area contributed by atoms with Gasteiger partial charge in [0.2, 0.25) is 0 Å². The summed E-state index contributed by atoms with van der Waals surface area (Å²) in [7, 11) is 0. The van der Waals surface area contributed by atoms with E-state index < -0.39 is 0 Å². The van der Waals surface area contributed by atoms with Gasteiger partial charge in [0.05, 0.1) is 0 Å².